The lowest BCUT2D eigenvalue weighted by atomic mass is 10.0. The summed E-state index contributed by atoms with van der Waals surface area (Å²) in [5.41, 5.74) is 4.09. The third kappa shape index (κ3) is 2.95. The van der Waals surface area contributed by atoms with E-state index in [4.69, 9.17) is 9.47 Å². The Morgan fingerprint density at radius 2 is 2.04 bits per heavy atom. The number of aromatic amines is 1. The first kappa shape index (κ1) is 16.9. The molecule has 0 bridgehead atoms. The van der Waals surface area contributed by atoms with E-state index in [-0.39, 0.29) is 5.91 Å². The minimum Gasteiger partial charge on any atom is -0.497 e. The van der Waals surface area contributed by atoms with Crippen molar-refractivity contribution in [3.63, 3.8) is 0 Å². The summed E-state index contributed by atoms with van der Waals surface area (Å²) in [5.74, 6) is 0.127. The molecule has 0 saturated heterocycles. The van der Waals surface area contributed by atoms with E-state index in [0.717, 1.165) is 22.2 Å². The average molecular weight is 362 g/mol. The van der Waals surface area contributed by atoms with Crippen LogP contribution in [0.25, 0.3) is 22.6 Å². The number of carbonyl (C=O) groups excluding carboxylic acids is 2. The molecule has 0 radical (unpaired) electrons. The van der Waals surface area contributed by atoms with Gasteiger partial charge in [0.05, 0.1) is 19.3 Å². The Labute approximate surface area is 155 Å². The van der Waals surface area contributed by atoms with Crippen LogP contribution in [-0.2, 0) is 9.53 Å². The molecule has 1 aliphatic heterocycles. The molecule has 0 atom stereocenters. The largest absolute Gasteiger partial charge is 0.497 e. The summed E-state index contributed by atoms with van der Waals surface area (Å²) in [6.45, 7) is 2.06. The normalized spacial score (nSPS) is 14.3. The van der Waals surface area contributed by atoms with Crippen molar-refractivity contribution in [3.05, 3.63) is 59.3 Å². The van der Waals surface area contributed by atoms with Gasteiger partial charge in [0.15, 0.2) is 0 Å². The second-order valence-electron chi connectivity index (χ2n) is 6.15. The number of hydrogen-bond acceptors (Lipinski definition) is 4. The minimum atomic E-state index is -0.407. The van der Waals surface area contributed by atoms with Gasteiger partial charge in [0, 0.05) is 39.5 Å². The number of nitrogens with one attached hydrogen (secondary N) is 2. The maximum absolute atomic E-state index is 12.5. The first-order valence-electron chi connectivity index (χ1n) is 8.60. The Morgan fingerprint density at radius 3 is 2.81 bits per heavy atom. The summed E-state index contributed by atoms with van der Waals surface area (Å²) in [7, 11) is 1.61. The van der Waals surface area contributed by atoms with E-state index in [9.17, 15) is 9.59 Å². The van der Waals surface area contributed by atoms with Gasteiger partial charge in [0.2, 0.25) is 0 Å². The van der Waals surface area contributed by atoms with Gasteiger partial charge in [-0.3, -0.25) is 4.79 Å². The number of amides is 1. The number of methoxy groups -OCH3 is 1. The molecule has 6 nitrogen and oxygen atoms in total. The molecule has 1 aliphatic rings. The van der Waals surface area contributed by atoms with Crippen molar-refractivity contribution in [2.24, 2.45) is 0 Å². The number of anilines is 1. The number of aromatic nitrogens is 1. The SMILES string of the molecule is CCOC(=O)c1ccc2c(c1)/C(=C/c1c[nH]c3ccc(OC)cc13)C(=O)N2. The Kier molecular flexibility index (Phi) is 4.16. The predicted octanol–water partition coefficient (Wildman–Crippen LogP) is 3.85. The molecule has 1 aromatic heterocycles. The fourth-order valence-electron chi connectivity index (χ4n) is 3.20. The smallest absolute Gasteiger partial charge is 0.338 e. The molecule has 1 amide bonds. The van der Waals surface area contributed by atoms with Crippen LogP contribution < -0.4 is 10.1 Å². The Balaban J connectivity index is 1.80. The number of benzene rings is 2. The molecule has 0 aliphatic carbocycles. The van der Waals surface area contributed by atoms with Crippen molar-refractivity contribution in [2.45, 2.75) is 6.92 Å². The quantitative estimate of drug-likeness (QED) is 0.546. The number of carbonyl (C=O) groups is 2. The van der Waals surface area contributed by atoms with E-state index in [0.29, 0.717) is 29.0 Å². The topological polar surface area (TPSA) is 80.4 Å². The average Bonchev–Trinajstić information content (AvgIpc) is 3.22. The second kappa shape index (κ2) is 6.64. The maximum Gasteiger partial charge on any atom is 0.338 e. The lowest BCUT2D eigenvalue weighted by Gasteiger charge is -2.04. The molecule has 0 fully saturated rings. The summed E-state index contributed by atoms with van der Waals surface area (Å²) in [4.78, 5) is 27.7. The molecule has 6 heteroatoms. The highest BCUT2D eigenvalue weighted by Gasteiger charge is 2.26. The summed E-state index contributed by atoms with van der Waals surface area (Å²) < 4.78 is 10.4. The van der Waals surface area contributed by atoms with Crippen molar-refractivity contribution in [2.75, 3.05) is 19.0 Å². The van der Waals surface area contributed by atoms with E-state index in [2.05, 4.69) is 10.3 Å². The van der Waals surface area contributed by atoms with Crippen LogP contribution in [-0.4, -0.2) is 30.6 Å². The van der Waals surface area contributed by atoms with E-state index in [1.54, 1.807) is 32.2 Å². The van der Waals surface area contributed by atoms with Crippen LogP contribution in [0.4, 0.5) is 5.69 Å². The zero-order valence-electron chi connectivity index (χ0n) is 15.0. The Bertz CT molecular complexity index is 1090. The van der Waals surface area contributed by atoms with Crippen LogP contribution in [0.2, 0.25) is 0 Å². The van der Waals surface area contributed by atoms with E-state index in [1.165, 1.54) is 0 Å². The summed E-state index contributed by atoms with van der Waals surface area (Å²) in [5, 5.41) is 3.78. The molecule has 2 N–H and O–H groups in total. The van der Waals surface area contributed by atoms with Crippen LogP contribution in [0.1, 0.15) is 28.4 Å². The molecule has 136 valence electrons. The highest BCUT2D eigenvalue weighted by Crippen LogP contribution is 2.35. The fourth-order valence-corrected chi connectivity index (χ4v) is 3.20. The van der Waals surface area contributed by atoms with Crippen LogP contribution in [0.5, 0.6) is 5.75 Å². The van der Waals surface area contributed by atoms with Gasteiger partial charge in [0.1, 0.15) is 5.75 Å². The molecule has 3 aromatic rings. The third-order valence-electron chi connectivity index (χ3n) is 4.53. The molecule has 2 heterocycles. The first-order chi connectivity index (χ1) is 13.1. The van der Waals surface area contributed by atoms with E-state index < -0.39 is 5.97 Å². The number of esters is 1. The number of hydrogen-bond donors (Lipinski definition) is 2. The predicted molar refractivity (Wildman–Crippen MR) is 104 cm³/mol. The van der Waals surface area contributed by atoms with Gasteiger partial charge >= 0.3 is 5.97 Å². The van der Waals surface area contributed by atoms with Gasteiger partial charge in [-0.05, 0) is 49.4 Å². The number of rotatable bonds is 4. The van der Waals surface area contributed by atoms with Crippen molar-refractivity contribution < 1.29 is 19.1 Å². The maximum atomic E-state index is 12.5. The summed E-state index contributed by atoms with van der Waals surface area (Å²) in [6, 6.07) is 10.8. The second-order valence-corrected chi connectivity index (χ2v) is 6.15. The van der Waals surface area contributed by atoms with Crippen LogP contribution in [0.15, 0.2) is 42.6 Å². The van der Waals surface area contributed by atoms with Crippen LogP contribution in [0, 0.1) is 0 Å². The standard InChI is InChI=1S/C21H18N2O4/c1-3-27-21(25)12-4-6-19-16(8-12)17(20(24)23-19)9-13-11-22-18-7-5-14(26-2)10-15(13)18/h4-11,22H,3H2,1-2H3,(H,23,24)/b17-9-. The van der Waals surface area contributed by atoms with E-state index in [1.807, 2.05) is 30.5 Å². The molecule has 0 unspecified atom stereocenters. The van der Waals surface area contributed by atoms with Crippen molar-refractivity contribution in [1.82, 2.24) is 4.98 Å². The van der Waals surface area contributed by atoms with Gasteiger partial charge < -0.3 is 19.8 Å². The molecular weight excluding hydrogens is 344 g/mol. The monoisotopic (exact) mass is 362 g/mol. The van der Waals surface area contributed by atoms with Gasteiger partial charge in [-0.1, -0.05) is 0 Å². The minimum absolute atomic E-state index is 0.205. The van der Waals surface area contributed by atoms with Crippen LogP contribution >= 0.6 is 0 Å². The third-order valence-corrected chi connectivity index (χ3v) is 4.53. The zero-order chi connectivity index (χ0) is 19.0. The van der Waals surface area contributed by atoms with Crippen molar-refractivity contribution in [1.29, 1.82) is 0 Å². The van der Waals surface area contributed by atoms with Crippen molar-refractivity contribution >= 4 is 40.1 Å². The van der Waals surface area contributed by atoms with Gasteiger partial charge in [-0.15, -0.1) is 0 Å². The number of ether oxygens (including phenoxy) is 2. The summed E-state index contributed by atoms with van der Waals surface area (Å²) in [6.07, 6.45) is 3.66. The Morgan fingerprint density at radius 1 is 1.19 bits per heavy atom. The summed E-state index contributed by atoms with van der Waals surface area (Å²) >= 11 is 0. The van der Waals surface area contributed by atoms with Crippen molar-refractivity contribution in [3.8, 4) is 5.75 Å². The molecule has 27 heavy (non-hydrogen) atoms. The van der Waals surface area contributed by atoms with E-state index >= 15 is 0 Å². The lowest BCUT2D eigenvalue weighted by molar-refractivity contribution is -0.110. The number of fused-ring (bicyclic) bond motifs is 2. The number of H-pyrrole nitrogens is 1. The molecule has 4 rings (SSSR count). The molecule has 0 spiro atoms. The molecule has 2 aromatic carbocycles. The first-order valence-corrected chi connectivity index (χ1v) is 8.60. The lowest BCUT2D eigenvalue weighted by Crippen LogP contribution is -2.04. The van der Waals surface area contributed by atoms with Gasteiger partial charge in [-0.25, -0.2) is 4.79 Å². The molecular formula is C21H18N2O4. The zero-order valence-corrected chi connectivity index (χ0v) is 15.0. The van der Waals surface area contributed by atoms with Gasteiger partial charge in [-0.2, -0.15) is 0 Å². The molecule has 0 saturated carbocycles. The highest BCUT2D eigenvalue weighted by atomic mass is 16.5. The highest BCUT2D eigenvalue weighted by molar-refractivity contribution is 6.35. The van der Waals surface area contributed by atoms with Crippen LogP contribution in [0.3, 0.4) is 0 Å². The fraction of sp³-hybridized carbons (Fsp3) is 0.143. The van der Waals surface area contributed by atoms with Gasteiger partial charge in [0.25, 0.3) is 5.91 Å². The Hall–Kier alpha value is -3.54.